The van der Waals surface area contributed by atoms with Gasteiger partial charge in [-0.15, -0.1) is 0 Å². The van der Waals surface area contributed by atoms with Gasteiger partial charge in [0.15, 0.2) is 0 Å². The molecule has 0 spiro atoms. The number of unbranched alkanes of at least 4 members (excludes halogenated alkanes) is 3. The SMILES string of the molecule is CCCCCCN1C(=O)C(=Cc2c(N3CCC(C(N)=O)CC3)nc3c(C)cccn3c2=O)SC1=S. The summed E-state index contributed by atoms with van der Waals surface area (Å²) < 4.78 is 2.04. The molecule has 0 unspecified atom stereocenters. The van der Waals surface area contributed by atoms with Crippen LogP contribution in [0.2, 0.25) is 0 Å². The van der Waals surface area contributed by atoms with Crippen LogP contribution in [0.15, 0.2) is 28.0 Å². The number of amides is 2. The molecule has 0 saturated carbocycles. The number of anilines is 1. The normalized spacial score (nSPS) is 18.3. The largest absolute Gasteiger partial charge is 0.369 e. The first kappa shape index (κ1) is 25.4. The molecule has 0 radical (unpaired) electrons. The number of carbonyl (C=O) groups is 2. The predicted molar refractivity (Wildman–Crippen MR) is 144 cm³/mol. The minimum absolute atomic E-state index is 0.163. The summed E-state index contributed by atoms with van der Waals surface area (Å²) in [6.07, 6.45) is 8.73. The van der Waals surface area contributed by atoms with Gasteiger partial charge < -0.3 is 10.6 Å². The number of hydrogen-bond acceptors (Lipinski definition) is 7. The molecule has 186 valence electrons. The number of fused-ring (bicyclic) bond motifs is 1. The van der Waals surface area contributed by atoms with Crippen LogP contribution in [0.5, 0.6) is 0 Å². The number of carbonyl (C=O) groups excluding carboxylic acids is 2. The van der Waals surface area contributed by atoms with E-state index in [4.69, 9.17) is 22.9 Å². The van der Waals surface area contributed by atoms with Gasteiger partial charge in [0.1, 0.15) is 15.8 Å². The van der Waals surface area contributed by atoms with Gasteiger partial charge >= 0.3 is 0 Å². The molecule has 2 aromatic rings. The van der Waals surface area contributed by atoms with Crippen LogP contribution < -0.4 is 16.2 Å². The first-order chi connectivity index (χ1) is 16.8. The van der Waals surface area contributed by atoms with Gasteiger partial charge in [-0.25, -0.2) is 4.98 Å². The predicted octanol–water partition coefficient (Wildman–Crippen LogP) is 3.49. The van der Waals surface area contributed by atoms with Crippen LogP contribution in [0.25, 0.3) is 11.7 Å². The maximum Gasteiger partial charge on any atom is 0.267 e. The van der Waals surface area contributed by atoms with Gasteiger partial charge in [-0.2, -0.15) is 0 Å². The van der Waals surface area contributed by atoms with E-state index in [0.717, 1.165) is 31.2 Å². The molecule has 0 bridgehead atoms. The van der Waals surface area contributed by atoms with Crippen LogP contribution in [0.3, 0.4) is 0 Å². The molecule has 2 aliphatic rings. The molecular weight excluding hydrogens is 482 g/mol. The van der Waals surface area contributed by atoms with Crippen molar-refractivity contribution in [3.63, 3.8) is 0 Å². The Hall–Kier alpha value is -2.72. The molecule has 8 nitrogen and oxygen atoms in total. The maximum absolute atomic E-state index is 13.6. The monoisotopic (exact) mass is 513 g/mol. The summed E-state index contributed by atoms with van der Waals surface area (Å²) in [4.78, 5) is 47.4. The minimum atomic E-state index is -0.296. The Balaban J connectivity index is 1.72. The van der Waals surface area contributed by atoms with Crippen molar-refractivity contribution in [2.45, 2.75) is 52.4 Å². The molecule has 10 heteroatoms. The zero-order valence-electron chi connectivity index (χ0n) is 20.2. The summed E-state index contributed by atoms with van der Waals surface area (Å²) in [7, 11) is 0. The maximum atomic E-state index is 13.6. The number of piperidine rings is 1. The minimum Gasteiger partial charge on any atom is -0.369 e. The van der Waals surface area contributed by atoms with Gasteiger partial charge in [0.25, 0.3) is 11.5 Å². The van der Waals surface area contributed by atoms with Gasteiger partial charge in [-0.05, 0) is 43.9 Å². The zero-order valence-corrected chi connectivity index (χ0v) is 21.8. The Bertz CT molecular complexity index is 1250. The third-order valence-electron chi connectivity index (χ3n) is 6.65. The smallest absolute Gasteiger partial charge is 0.267 e. The summed E-state index contributed by atoms with van der Waals surface area (Å²) in [6.45, 7) is 5.76. The number of nitrogens with two attached hydrogens (primary N) is 1. The molecule has 0 aromatic carbocycles. The summed E-state index contributed by atoms with van der Waals surface area (Å²) >= 11 is 6.72. The highest BCUT2D eigenvalue weighted by Crippen LogP contribution is 2.34. The molecule has 2 N–H and O–H groups in total. The third-order valence-corrected chi connectivity index (χ3v) is 8.02. The Kier molecular flexibility index (Phi) is 7.91. The number of aryl methyl sites for hydroxylation is 1. The lowest BCUT2D eigenvalue weighted by molar-refractivity contribution is -0.123. The Labute approximate surface area is 214 Å². The van der Waals surface area contributed by atoms with Crippen LogP contribution in [0.4, 0.5) is 5.82 Å². The van der Waals surface area contributed by atoms with Crippen LogP contribution >= 0.6 is 24.0 Å². The fourth-order valence-corrected chi connectivity index (χ4v) is 5.85. The molecule has 2 aliphatic heterocycles. The Morgan fingerprint density at radius 1 is 1.26 bits per heavy atom. The van der Waals surface area contributed by atoms with E-state index in [1.807, 2.05) is 24.0 Å². The first-order valence-corrected chi connectivity index (χ1v) is 13.4. The highest BCUT2D eigenvalue weighted by molar-refractivity contribution is 8.26. The highest BCUT2D eigenvalue weighted by atomic mass is 32.2. The molecule has 2 amide bonds. The molecule has 4 rings (SSSR count). The van der Waals surface area contributed by atoms with E-state index in [1.54, 1.807) is 17.2 Å². The second kappa shape index (κ2) is 10.9. The lowest BCUT2D eigenvalue weighted by Gasteiger charge is -2.32. The average molecular weight is 514 g/mol. The number of primary amides is 1. The van der Waals surface area contributed by atoms with E-state index in [0.29, 0.717) is 58.7 Å². The van der Waals surface area contributed by atoms with Crippen molar-refractivity contribution in [3.05, 3.63) is 44.7 Å². The van der Waals surface area contributed by atoms with Gasteiger partial charge in [-0.1, -0.05) is 56.2 Å². The number of aromatic nitrogens is 2. The van der Waals surface area contributed by atoms with E-state index in [9.17, 15) is 14.4 Å². The van der Waals surface area contributed by atoms with E-state index in [-0.39, 0.29) is 23.3 Å². The molecule has 2 aromatic heterocycles. The van der Waals surface area contributed by atoms with Crippen LogP contribution in [0, 0.1) is 12.8 Å². The van der Waals surface area contributed by atoms with Crippen molar-refractivity contribution in [1.29, 1.82) is 0 Å². The van der Waals surface area contributed by atoms with Crippen molar-refractivity contribution < 1.29 is 9.59 Å². The quantitative estimate of drug-likeness (QED) is 0.328. The summed E-state index contributed by atoms with van der Waals surface area (Å²) in [5, 5.41) is 0. The third kappa shape index (κ3) is 5.28. The van der Waals surface area contributed by atoms with E-state index >= 15 is 0 Å². The average Bonchev–Trinajstić information content (AvgIpc) is 3.11. The fraction of sp³-hybridized carbons (Fsp3) is 0.480. The zero-order chi connectivity index (χ0) is 25.1. The van der Waals surface area contributed by atoms with Crippen molar-refractivity contribution in [1.82, 2.24) is 14.3 Å². The molecular formula is C25H31N5O3S2. The second-order valence-electron chi connectivity index (χ2n) is 9.10. The lowest BCUT2D eigenvalue weighted by Crippen LogP contribution is -2.40. The molecule has 2 fully saturated rings. The van der Waals surface area contributed by atoms with Gasteiger partial charge in [-0.3, -0.25) is 23.7 Å². The molecule has 35 heavy (non-hydrogen) atoms. The van der Waals surface area contributed by atoms with E-state index in [1.165, 1.54) is 16.2 Å². The van der Waals surface area contributed by atoms with Crippen molar-refractivity contribution in [2.75, 3.05) is 24.5 Å². The van der Waals surface area contributed by atoms with E-state index < -0.39 is 0 Å². The van der Waals surface area contributed by atoms with E-state index in [2.05, 4.69) is 6.92 Å². The standard InChI is InChI=1S/C25H31N5O3S2/c1-3-4-5-6-11-30-24(33)19(35-25(30)34)15-18-22(28-13-9-17(10-14-28)20(26)31)27-21-16(2)8-7-12-29(21)23(18)32/h7-8,12,15,17H,3-6,9-11,13-14H2,1-2H3,(H2,26,31). The second-order valence-corrected chi connectivity index (χ2v) is 10.8. The molecule has 0 aliphatic carbocycles. The van der Waals surface area contributed by atoms with Crippen LogP contribution in [-0.2, 0) is 9.59 Å². The van der Waals surface area contributed by atoms with Crippen LogP contribution in [0.1, 0.15) is 56.6 Å². The number of rotatable bonds is 8. The van der Waals surface area contributed by atoms with Crippen molar-refractivity contribution in [3.8, 4) is 0 Å². The van der Waals surface area contributed by atoms with Crippen molar-refractivity contribution >= 4 is 57.7 Å². The van der Waals surface area contributed by atoms with Gasteiger partial charge in [0.05, 0.1) is 10.5 Å². The summed E-state index contributed by atoms with van der Waals surface area (Å²) in [5.41, 5.74) is 7.08. The Morgan fingerprint density at radius 3 is 2.69 bits per heavy atom. The first-order valence-electron chi connectivity index (χ1n) is 12.1. The molecule has 2 saturated heterocycles. The number of pyridine rings is 1. The van der Waals surface area contributed by atoms with Gasteiger partial charge in [0, 0.05) is 31.7 Å². The summed E-state index contributed by atoms with van der Waals surface area (Å²) in [6, 6.07) is 3.72. The van der Waals surface area contributed by atoms with Gasteiger partial charge in [0.2, 0.25) is 5.91 Å². The number of thiocarbonyl (C=S) groups is 1. The molecule has 4 heterocycles. The lowest BCUT2D eigenvalue weighted by atomic mass is 9.96. The number of nitrogens with zero attached hydrogens (tertiary/aromatic N) is 4. The topological polar surface area (TPSA) is 101 Å². The highest BCUT2D eigenvalue weighted by Gasteiger charge is 2.33. The number of hydrogen-bond donors (Lipinski definition) is 1. The van der Waals surface area contributed by atoms with Crippen molar-refractivity contribution in [2.24, 2.45) is 11.7 Å². The summed E-state index contributed by atoms with van der Waals surface area (Å²) in [5.74, 6) is -0.110. The molecule has 0 atom stereocenters. The fourth-order valence-electron chi connectivity index (χ4n) is 4.56. The Morgan fingerprint density at radius 2 is 2.00 bits per heavy atom. The number of thioether (sulfide) groups is 1. The van der Waals surface area contributed by atoms with Crippen LogP contribution in [-0.4, -0.2) is 50.1 Å².